The Morgan fingerprint density at radius 1 is 1.05 bits per heavy atom. The molecule has 38 heavy (non-hydrogen) atoms. The number of amides is 1. The fourth-order valence-corrected chi connectivity index (χ4v) is 5.01. The Labute approximate surface area is 223 Å². The van der Waals surface area contributed by atoms with Gasteiger partial charge in [-0.25, -0.2) is 0 Å². The summed E-state index contributed by atoms with van der Waals surface area (Å²) in [5, 5.41) is 11.5. The van der Waals surface area contributed by atoms with Crippen LogP contribution in [0.4, 0.5) is 5.69 Å². The number of hydrogen-bond acceptors (Lipinski definition) is 5. The van der Waals surface area contributed by atoms with Crippen molar-refractivity contribution in [1.82, 2.24) is 0 Å². The third-order valence-electron chi connectivity index (χ3n) is 7.07. The van der Waals surface area contributed by atoms with Crippen LogP contribution in [0.3, 0.4) is 0 Å². The van der Waals surface area contributed by atoms with Crippen molar-refractivity contribution in [2.45, 2.75) is 52.0 Å². The number of nitrogens with zero attached hydrogens (tertiary/aromatic N) is 1. The summed E-state index contributed by atoms with van der Waals surface area (Å²) in [7, 11) is 0. The second kappa shape index (κ2) is 10.0. The molecule has 0 bridgehead atoms. The van der Waals surface area contributed by atoms with Crippen molar-refractivity contribution in [1.29, 1.82) is 0 Å². The molecule has 6 heteroatoms. The van der Waals surface area contributed by atoms with Crippen LogP contribution in [-0.4, -0.2) is 30.0 Å². The fourth-order valence-electron chi connectivity index (χ4n) is 5.01. The molecule has 3 aromatic rings. The van der Waals surface area contributed by atoms with Gasteiger partial charge in [-0.1, -0.05) is 58.0 Å². The van der Waals surface area contributed by atoms with Crippen molar-refractivity contribution in [2.24, 2.45) is 0 Å². The monoisotopic (exact) mass is 511 g/mol. The third-order valence-corrected chi connectivity index (χ3v) is 7.07. The highest BCUT2D eigenvalue weighted by molar-refractivity contribution is 6.51. The Morgan fingerprint density at radius 2 is 1.82 bits per heavy atom. The Balaban J connectivity index is 1.66. The van der Waals surface area contributed by atoms with Gasteiger partial charge in [0.1, 0.15) is 17.3 Å². The van der Waals surface area contributed by atoms with Crippen molar-refractivity contribution in [2.75, 3.05) is 18.1 Å². The van der Waals surface area contributed by atoms with E-state index in [-0.39, 0.29) is 16.7 Å². The van der Waals surface area contributed by atoms with Crippen molar-refractivity contribution in [3.8, 4) is 11.5 Å². The van der Waals surface area contributed by atoms with Crippen LogP contribution >= 0.6 is 0 Å². The smallest absolute Gasteiger partial charge is 0.300 e. The molecule has 1 N–H and O–H groups in total. The molecular formula is C32H33NO5. The van der Waals surface area contributed by atoms with Gasteiger partial charge in [-0.2, -0.15) is 0 Å². The van der Waals surface area contributed by atoms with Crippen LogP contribution in [0.5, 0.6) is 11.5 Å². The lowest BCUT2D eigenvalue weighted by Crippen LogP contribution is -2.29. The summed E-state index contributed by atoms with van der Waals surface area (Å²) in [4.78, 5) is 28.6. The molecule has 0 saturated carbocycles. The molecule has 1 atom stereocenters. The first-order valence-corrected chi connectivity index (χ1v) is 13.1. The summed E-state index contributed by atoms with van der Waals surface area (Å²) in [6, 6.07) is 19.7. The van der Waals surface area contributed by atoms with Gasteiger partial charge in [0.05, 0.1) is 24.8 Å². The first-order chi connectivity index (χ1) is 18.2. The molecule has 6 nitrogen and oxygen atoms in total. The molecule has 3 aromatic carbocycles. The molecule has 1 fully saturated rings. The lowest BCUT2D eigenvalue weighted by Gasteiger charge is -2.27. The van der Waals surface area contributed by atoms with E-state index in [1.54, 1.807) is 30.3 Å². The van der Waals surface area contributed by atoms with E-state index in [2.05, 4.69) is 20.8 Å². The summed E-state index contributed by atoms with van der Waals surface area (Å²) >= 11 is 0. The van der Waals surface area contributed by atoms with Gasteiger partial charge in [0, 0.05) is 23.7 Å². The van der Waals surface area contributed by atoms with Crippen LogP contribution in [0.15, 0.2) is 72.3 Å². The van der Waals surface area contributed by atoms with E-state index in [9.17, 15) is 14.7 Å². The minimum absolute atomic E-state index is 0.0578. The van der Waals surface area contributed by atoms with E-state index < -0.39 is 17.7 Å². The lowest BCUT2D eigenvalue weighted by atomic mass is 9.85. The number of anilines is 1. The highest BCUT2D eigenvalue weighted by atomic mass is 16.5. The van der Waals surface area contributed by atoms with Crippen molar-refractivity contribution >= 4 is 23.1 Å². The zero-order valence-electron chi connectivity index (χ0n) is 22.3. The van der Waals surface area contributed by atoms with Crippen LogP contribution < -0.4 is 14.4 Å². The molecule has 1 amide bonds. The molecule has 2 aliphatic rings. The predicted molar refractivity (Wildman–Crippen MR) is 148 cm³/mol. The number of Topliss-reactive ketones (excluding diaryl/α,β-unsaturated/α-hetero) is 1. The Morgan fingerprint density at radius 3 is 2.53 bits per heavy atom. The molecule has 1 unspecified atom stereocenters. The fraction of sp³-hybridized carbons (Fsp3) is 0.312. The molecule has 0 radical (unpaired) electrons. The lowest BCUT2D eigenvalue weighted by molar-refractivity contribution is -0.132. The van der Waals surface area contributed by atoms with Crippen LogP contribution in [0.25, 0.3) is 5.76 Å². The molecule has 2 heterocycles. The van der Waals surface area contributed by atoms with E-state index in [0.717, 1.165) is 35.3 Å². The number of ketones is 1. The first kappa shape index (κ1) is 25.6. The van der Waals surface area contributed by atoms with Crippen LogP contribution in [0.2, 0.25) is 0 Å². The number of aliphatic hydroxyl groups excluding tert-OH is 1. The topological polar surface area (TPSA) is 76.1 Å². The highest BCUT2D eigenvalue weighted by Crippen LogP contribution is 2.43. The second-order valence-corrected chi connectivity index (χ2v) is 10.8. The SMILES string of the molecule is CCCOc1cccc(N2C(=O)C(=O)/C(=C(\O)c3ccc4c(c3)CCO4)C2c2ccc(C(C)(C)C)cc2)c1. The highest BCUT2D eigenvalue weighted by Gasteiger charge is 2.47. The first-order valence-electron chi connectivity index (χ1n) is 13.1. The maximum Gasteiger partial charge on any atom is 0.300 e. The molecule has 196 valence electrons. The maximum absolute atomic E-state index is 13.5. The number of aliphatic hydroxyl groups is 1. The molecule has 0 spiro atoms. The molecule has 0 aromatic heterocycles. The number of rotatable bonds is 6. The van der Waals surface area contributed by atoms with Gasteiger partial charge in [-0.05, 0) is 58.9 Å². The molecule has 0 aliphatic carbocycles. The molecule has 5 rings (SSSR count). The summed E-state index contributed by atoms with van der Waals surface area (Å²) in [6.07, 6.45) is 1.58. The van der Waals surface area contributed by atoms with Gasteiger partial charge >= 0.3 is 0 Å². The second-order valence-electron chi connectivity index (χ2n) is 10.8. The number of benzene rings is 3. The minimum atomic E-state index is -0.796. The van der Waals surface area contributed by atoms with Gasteiger partial charge in [-0.3, -0.25) is 14.5 Å². The molecule has 2 aliphatic heterocycles. The van der Waals surface area contributed by atoms with E-state index in [1.165, 1.54) is 4.90 Å². The van der Waals surface area contributed by atoms with Crippen LogP contribution in [0, 0.1) is 0 Å². The van der Waals surface area contributed by atoms with E-state index in [0.29, 0.717) is 30.2 Å². The van der Waals surface area contributed by atoms with Crippen molar-refractivity contribution in [3.05, 3.63) is 94.6 Å². The number of ether oxygens (including phenoxy) is 2. The zero-order valence-corrected chi connectivity index (χ0v) is 22.3. The standard InChI is InChI=1S/C32H33NO5/c1-5-16-37-25-8-6-7-24(19-25)33-28(20-9-12-23(13-10-20)32(2,3)4)27(30(35)31(33)36)29(34)22-11-14-26-21(18-22)15-17-38-26/h6-14,18-19,28,34H,5,15-17H2,1-4H3/b29-27-. The summed E-state index contributed by atoms with van der Waals surface area (Å²) in [5.74, 6) is -0.201. The average molecular weight is 512 g/mol. The summed E-state index contributed by atoms with van der Waals surface area (Å²) in [5.41, 5.74) is 3.87. The average Bonchev–Trinajstić information content (AvgIpc) is 3.48. The molecule has 1 saturated heterocycles. The predicted octanol–water partition coefficient (Wildman–Crippen LogP) is 6.33. The van der Waals surface area contributed by atoms with Gasteiger partial charge < -0.3 is 14.6 Å². The quantitative estimate of drug-likeness (QED) is 0.238. The summed E-state index contributed by atoms with van der Waals surface area (Å²) < 4.78 is 11.4. The van der Waals surface area contributed by atoms with Gasteiger partial charge in [0.25, 0.3) is 11.7 Å². The zero-order chi connectivity index (χ0) is 27.0. The van der Waals surface area contributed by atoms with E-state index in [1.807, 2.05) is 43.3 Å². The number of carbonyl (C=O) groups excluding carboxylic acids is 2. The number of carbonyl (C=O) groups is 2. The van der Waals surface area contributed by atoms with Gasteiger partial charge in [0.15, 0.2) is 0 Å². The minimum Gasteiger partial charge on any atom is -0.507 e. The Kier molecular flexibility index (Phi) is 6.74. The van der Waals surface area contributed by atoms with Crippen LogP contribution in [-0.2, 0) is 21.4 Å². The van der Waals surface area contributed by atoms with Crippen LogP contribution in [0.1, 0.15) is 62.4 Å². The molecular weight excluding hydrogens is 478 g/mol. The normalized spacial score (nSPS) is 18.4. The van der Waals surface area contributed by atoms with Crippen molar-refractivity contribution in [3.63, 3.8) is 0 Å². The third kappa shape index (κ3) is 4.67. The van der Waals surface area contributed by atoms with E-state index >= 15 is 0 Å². The number of hydrogen-bond donors (Lipinski definition) is 1. The maximum atomic E-state index is 13.5. The van der Waals surface area contributed by atoms with Gasteiger partial charge in [-0.15, -0.1) is 0 Å². The number of fused-ring (bicyclic) bond motifs is 1. The van der Waals surface area contributed by atoms with Gasteiger partial charge in [0.2, 0.25) is 0 Å². The van der Waals surface area contributed by atoms with Crippen molar-refractivity contribution < 1.29 is 24.2 Å². The summed E-state index contributed by atoms with van der Waals surface area (Å²) in [6.45, 7) is 9.55. The Bertz CT molecular complexity index is 1410. The van der Waals surface area contributed by atoms with E-state index in [4.69, 9.17) is 9.47 Å². The Hall–Kier alpha value is -4.06. The largest absolute Gasteiger partial charge is 0.507 e.